The number of aryl methyl sites for hydroxylation is 1. The predicted molar refractivity (Wildman–Crippen MR) is 83.7 cm³/mol. The van der Waals surface area contributed by atoms with Crippen molar-refractivity contribution in [2.45, 2.75) is 11.8 Å². The van der Waals surface area contributed by atoms with Gasteiger partial charge in [-0.15, -0.1) is 0 Å². The average Bonchev–Trinajstić information content (AvgIpc) is 2.32. The van der Waals surface area contributed by atoms with Crippen LogP contribution >= 0.6 is 47.8 Å². The summed E-state index contributed by atoms with van der Waals surface area (Å²) in [4.78, 5) is 0.0579. The van der Waals surface area contributed by atoms with E-state index in [2.05, 4.69) is 66.8 Å². The largest absolute Gasteiger partial charge is 0.206 e. The highest BCUT2D eigenvalue weighted by molar-refractivity contribution is 9.10. The van der Waals surface area contributed by atoms with E-state index in [1.165, 1.54) is 17.2 Å². The lowest BCUT2D eigenvalue weighted by atomic mass is 10.0. The van der Waals surface area contributed by atoms with Crippen LogP contribution in [0, 0.1) is 12.7 Å². The van der Waals surface area contributed by atoms with E-state index in [0.29, 0.717) is 4.47 Å². The van der Waals surface area contributed by atoms with Crippen LogP contribution in [0.15, 0.2) is 45.3 Å². The first-order valence-electron chi connectivity index (χ1n) is 5.34. The van der Waals surface area contributed by atoms with Gasteiger partial charge in [0.05, 0.1) is 9.30 Å². The van der Waals surface area contributed by atoms with Crippen LogP contribution in [-0.4, -0.2) is 0 Å². The SMILES string of the molecule is Cc1cc(Br)ccc1C(Br)c1ccc(F)c(Br)c1. The third-order valence-electron chi connectivity index (χ3n) is 2.74. The van der Waals surface area contributed by atoms with Crippen LogP contribution in [0.4, 0.5) is 4.39 Å². The second kappa shape index (κ2) is 5.85. The third kappa shape index (κ3) is 3.03. The smallest absolute Gasteiger partial charge is 0.137 e. The summed E-state index contributed by atoms with van der Waals surface area (Å²) in [5, 5.41) is 0. The Balaban J connectivity index is 2.41. The molecule has 0 heterocycles. The normalized spacial score (nSPS) is 12.5. The zero-order chi connectivity index (χ0) is 13.3. The van der Waals surface area contributed by atoms with Crippen LogP contribution in [0.1, 0.15) is 21.5 Å². The van der Waals surface area contributed by atoms with Gasteiger partial charge in [0.15, 0.2) is 0 Å². The van der Waals surface area contributed by atoms with Crippen molar-refractivity contribution in [2.75, 3.05) is 0 Å². The standard InChI is InChI=1S/C14H10Br3F/c1-8-6-10(15)3-4-11(8)14(17)9-2-5-13(18)12(16)7-9/h2-7,14H,1H3. The summed E-state index contributed by atoms with van der Waals surface area (Å²) in [5.41, 5.74) is 3.39. The van der Waals surface area contributed by atoms with E-state index < -0.39 is 0 Å². The Morgan fingerprint density at radius 2 is 1.78 bits per heavy atom. The first-order chi connectivity index (χ1) is 8.49. The molecule has 2 aromatic rings. The van der Waals surface area contributed by atoms with Gasteiger partial charge in [0.1, 0.15) is 5.82 Å². The molecule has 0 nitrogen and oxygen atoms in total. The minimum absolute atomic E-state index is 0.0579. The molecule has 18 heavy (non-hydrogen) atoms. The van der Waals surface area contributed by atoms with Crippen molar-refractivity contribution >= 4 is 47.8 Å². The Morgan fingerprint density at radius 1 is 1.06 bits per heavy atom. The molecule has 0 radical (unpaired) electrons. The molecule has 0 amide bonds. The van der Waals surface area contributed by atoms with Crippen molar-refractivity contribution < 1.29 is 4.39 Å². The van der Waals surface area contributed by atoms with E-state index in [9.17, 15) is 4.39 Å². The molecule has 2 rings (SSSR count). The number of alkyl halides is 1. The molecule has 1 unspecified atom stereocenters. The highest BCUT2D eigenvalue weighted by atomic mass is 79.9. The zero-order valence-corrected chi connectivity index (χ0v) is 14.3. The van der Waals surface area contributed by atoms with Gasteiger partial charge in [-0.25, -0.2) is 4.39 Å². The Hall–Kier alpha value is -0.190. The molecule has 0 aliphatic heterocycles. The van der Waals surface area contributed by atoms with Crippen molar-refractivity contribution in [3.05, 3.63) is 67.9 Å². The monoisotopic (exact) mass is 434 g/mol. The first kappa shape index (κ1) is 14.2. The van der Waals surface area contributed by atoms with Gasteiger partial charge in [0, 0.05) is 4.47 Å². The topological polar surface area (TPSA) is 0 Å². The summed E-state index contributed by atoms with van der Waals surface area (Å²) in [7, 11) is 0. The van der Waals surface area contributed by atoms with E-state index in [1.807, 2.05) is 6.07 Å². The molecule has 0 saturated heterocycles. The lowest BCUT2D eigenvalue weighted by Gasteiger charge is -2.14. The summed E-state index contributed by atoms with van der Waals surface area (Å²) in [6, 6.07) is 11.2. The van der Waals surface area contributed by atoms with Crippen molar-refractivity contribution in [3.8, 4) is 0 Å². The molecule has 4 heteroatoms. The molecule has 0 bridgehead atoms. The maximum Gasteiger partial charge on any atom is 0.137 e. The van der Waals surface area contributed by atoms with Crippen LogP contribution < -0.4 is 0 Å². The van der Waals surface area contributed by atoms with Gasteiger partial charge in [-0.3, -0.25) is 0 Å². The quantitative estimate of drug-likeness (QED) is 0.496. The van der Waals surface area contributed by atoms with Gasteiger partial charge in [-0.05, 0) is 63.8 Å². The van der Waals surface area contributed by atoms with Crippen molar-refractivity contribution in [3.63, 3.8) is 0 Å². The molecule has 0 aromatic heterocycles. The van der Waals surface area contributed by atoms with E-state index in [1.54, 1.807) is 12.1 Å². The summed E-state index contributed by atoms with van der Waals surface area (Å²) >= 11 is 10.3. The Morgan fingerprint density at radius 3 is 2.39 bits per heavy atom. The Bertz CT molecular complexity index is 581. The van der Waals surface area contributed by atoms with Gasteiger partial charge in [0.2, 0.25) is 0 Å². The fraction of sp³-hybridized carbons (Fsp3) is 0.143. The van der Waals surface area contributed by atoms with Gasteiger partial charge in [0.25, 0.3) is 0 Å². The average molecular weight is 437 g/mol. The van der Waals surface area contributed by atoms with Crippen molar-refractivity contribution in [1.29, 1.82) is 0 Å². The minimum atomic E-state index is -0.244. The molecule has 1 atom stereocenters. The molecule has 0 aliphatic carbocycles. The molecule has 0 spiro atoms. The molecule has 0 fully saturated rings. The second-order valence-corrected chi connectivity index (χ2v) is 6.72. The molecule has 94 valence electrons. The predicted octanol–water partition coefficient (Wildman–Crippen LogP) is 6.14. The highest BCUT2D eigenvalue weighted by Crippen LogP contribution is 2.35. The molecule has 0 aliphatic rings. The van der Waals surface area contributed by atoms with Gasteiger partial charge < -0.3 is 0 Å². The first-order valence-corrected chi connectivity index (χ1v) is 7.84. The zero-order valence-electron chi connectivity index (χ0n) is 9.55. The Labute approximate surface area is 131 Å². The molecule has 2 aromatic carbocycles. The molecule has 0 N–H and O–H groups in total. The fourth-order valence-corrected chi connectivity index (χ4v) is 3.44. The van der Waals surface area contributed by atoms with E-state index in [-0.39, 0.29) is 10.6 Å². The van der Waals surface area contributed by atoms with Crippen LogP contribution in [0.25, 0.3) is 0 Å². The maximum atomic E-state index is 13.2. The summed E-state index contributed by atoms with van der Waals surface area (Å²) in [6.45, 7) is 2.06. The minimum Gasteiger partial charge on any atom is -0.206 e. The number of hydrogen-bond donors (Lipinski definition) is 0. The Kier molecular flexibility index (Phi) is 4.62. The van der Waals surface area contributed by atoms with Gasteiger partial charge >= 0.3 is 0 Å². The molecular weight excluding hydrogens is 427 g/mol. The number of benzene rings is 2. The third-order valence-corrected chi connectivity index (χ3v) is 4.86. The molecular formula is C14H10Br3F. The lowest BCUT2D eigenvalue weighted by Crippen LogP contribution is -1.96. The maximum absolute atomic E-state index is 13.2. The summed E-state index contributed by atoms with van der Waals surface area (Å²) < 4.78 is 14.8. The molecule has 0 saturated carbocycles. The van der Waals surface area contributed by atoms with Crippen molar-refractivity contribution in [1.82, 2.24) is 0 Å². The fourth-order valence-electron chi connectivity index (χ4n) is 1.77. The lowest BCUT2D eigenvalue weighted by molar-refractivity contribution is 0.620. The van der Waals surface area contributed by atoms with Gasteiger partial charge in [-0.2, -0.15) is 0 Å². The number of halogens is 4. The number of rotatable bonds is 2. The van der Waals surface area contributed by atoms with E-state index >= 15 is 0 Å². The van der Waals surface area contributed by atoms with Gasteiger partial charge in [-0.1, -0.05) is 44.0 Å². The van der Waals surface area contributed by atoms with E-state index in [0.717, 1.165) is 10.0 Å². The van der Waals surface area contributed by atoms with Crippen LogP contribution in [0.5, 0.6) is 0 Å². The van der Waals surface area contributed by atoms with E-state index in [4.69, 9.17) is 0 Å². The van der Waals surface area contributed by atoms with Crippen LogP contribution in [0.2, 0.25) is 0 Å². The van der Waals surface area contributed by atoms with Crippen LogP contribution in [0.3, 0.4) is 0 Å². The number of hydrogen-bond acceptors (Lipinski definition) is 0. The van der Waals surface area contributed by atoms with Crippen LogP contribution in [-0.2, 0) is 0 Å². The highest BCUT2D eigenvalue weighted by Gasteiger charge is 2.14. The second-order valence-electron chi connectivity index (χ2n) is 4.04. The summed E-state index contributed by atoms with van der Waals surface area (Å²) in [5.74, 6) is -0.244. The summed E-state index contributed by atoms with van der Waals surface area (Å²) in [6.07, 6.45) is 0. The van der Waals surface area contributed by atoms with Crippen molar-refractivity contribution in [2.24, 2.45) is 0 Å².